The van der Waals surface area contributed by atoms with Crippen LogP contribution in [-0.2, 0) is 14.9 Å². The predicted octanol–water partition coefficient (Wildman–Crippen LogP) is 0.721. The van der Waals surface area contributed by atoms with Gasteiger partial charge in [0.25, 0.3) is 0 Å². The molecular weight excluding hydrogens is 290 g/mol. The highest BCUT2D eigenvalue weighted by atomic mass is 16.5. The highest BCUT2D eigenvalue weighted by Gasteiger charge is 2.35. The van der Waals surface area contributed by atoms with Gasteiger partial charge in [-0.25, -0.2) is 0 Å². The molecule has 5 nitrogen and oxygen atoms in total. The van der Waals surface area contributed by atoms with Gasteiger partial charge in [0.2, 0.25) is 5.91 Å². The number of ether oxygens (including phenoxy) is 1. The topological polar surface area (TPSA) is 62.4 Å². The van der Waals surface area contributed by atoms with E-state index < -0.39 is 0 Å². The minimum Gasteiger partial charge on any atom is -0.381 e. The largest absolute Gasteiger partial charge is 0.381 e. The Morgan fingerprint density at radius 1 is 1.26 bits per heavy atom. The first-order chi connectivity index (χ1) is 11.2. The van der Waals surface area contributed by atoms with Gasteiger partial charge < -0.3 is 20.7 Å². The first-order valence-electron chi connectivity index (χ1n) is 8.56. The van der Waals surface area contributed by atoms with Crippen LogP contribution in [0.1, 0.15) is 24.0 Å². The third-order valence-corrected chi connectivity index (χ3v) is 5.07. The summed E-state index contributed by atoms with van der Waals surface area (Å²) in [6.45, 7) is 6.76. The summed E-state index contributed by atoms with van der Waals surface area (Å²) >= 11 is 0. The molecule has 0 bridgehead atoms. The van der Waals surface area contributed by atoms with E-state index in [0.717, 1.165) is 39.1 Å². The highest BCUT2D eigenvalue weighted by Crippen LogP contribution is 2.34. The molecule has 0 spiro atoms. The van der Waals surface area contributed by atoms with E-state index in [-0.39, 0.29) is 17.4 Å². The van der Waals surface area contributed by atoms with Crippen LogP contribution in [0.3, 0.4) is 0 Å². The van der Waals surface area contributed by atoms with Crippen LogP contribution in [0.25, 0.3) is 0 Å². The number of hydrogen-bond acceptors (Lipinski definition) is 4. The van der Waals surface area contributed by atoms with Crippen LogP contribution in [0, 0.1) is 6.92 Å². The van der Waals surface area contributed by atoms with Crippen LogP contribution in [0.2, 0.25) is 0 Å². The summed E-state index contributed by atoms with van der Waals surface area (Å²) in [7, 11) is 0. The molecule has 126 valence electrons. The standard InChI is InChI=1S/C18H27N3O2/c1-14-2-4-15(5-3-14)18(6-10-23-11-7-18)13-21-17(22)16-12-19-8-9-20-16/h2-5,16,19-20H,6-13H2,1H3,(H,21,22). The summed E-state index contributed by atoms with van der Waals surface area (Å²) in [5.41, 5.74) is 2.56. The van der Waals surface area contributed by atoms with E-state index in [9.17, 15) is 4.79 Å². The molecule has 2 saturated heterocycles. The predicted molar refractivity (Wildman–Crippen MR) is 90.6 cm³/mol. The Morgan fingerprint density at radius 3 is 2.65 bits per heavy atom. The van der Waals surface area contributed by atoms with Gasteiger partial charge in [-0.15, -0.1) is 0 Å². The minimum atomic E-state index is -0.126. The molecule has 0 aromatic heterocycles. The van der Waals surface area contributed by atoms with Gasteiger partial charge in [0.1, 0.15) is 0 Å². The van der Waals surface area contributed by atoms with Crippen LogP contribution in [0.15, 0.2) is 24.3 Å². The Kier molecular flexibility index (Phi) is 5.30. The van der Waals surface area contributed by atoms with Gasteiger partial charge in [0.15, 0.2) is 0 Å². The molecule has 1 amide bonds. The molecule has 1 aromatic carbocycles. The summed E-state index contributed by atoms with van der Waals surface area (Å²) < 4.78 is 5.56. The molecule has 1 aromatic rings. The van der Waals surface area contributed by atoms with Crippen molar-refractivity contribution in [3.05, 3.63) is 35.4 Å². The van der Waals surface area contributed by atoms with E-state index in [1.165, 1.54) is 11.1 Å². The maximum Gasteiger partial charge on any atom is 0.238 e. The molecule has 3 rings (SSSR count). The van der Waals surface area contributed by atoms with Gasteiger partial charge in [-0.1, -0.05) is 29.8 Å². The summed E-state index contributed by atoms with van der Waals surface area (Å²) in [4.78, 5) is 12.4. The van der Waals surface area contributed by atoms with Crippen molar-refractivity contribution >= 4 is 5.91 Å². The van der Waals surface area contributed by atoms with Crippen LogP contribution < -0.4 is 16.0 Å². The van der Waals surface area contributed by atoms with Crippen molar-refractivity contribution in [1.29, 1.82) is 0 Å². The molecule has 2 aliphatic rings. The number of hydrogen-bond donors (Lipinski definition) is 3. The molecule has 2 heterocycles. The van der Waals surface area contributed by atoms with E-state index in [4.69, 9.17) is 4.74 Å². The third kappa shape index (κ3) is 3.91. The van der Waals surface area contributed by atoms with Crippen molar-refractivity contribution < 1.29 is 9.53 Å². The second kappa shape index (κ2) is 7.43. The lowest BCUT2D eigenvalue weighted by molar-refractivity contribution is -0.123. The average molecular weight is 317 g/mol. The Morgan fingerprint density at radius 2 is 2.00 bits per heavy atom. The lowest BCUT2D eigenvalue weighted by Gasteiger charge is -2.38. The number of nitrogens with one attached hydrogen (secondary N) is 3. The van der Waals surface area contributed by atoms with Gasteiger partial charge in [0, 0.05) is 44.8 Å². The fraction of sp³-hybridized carbons (Fsp3) is 0.611. The fourth-order valence-electron chi connectivity index (χ4n) is 3.46. The molecule has 2 aliphatic heterocycles. The zero-order valence-corrected chi connectivity index (χ0v) is 13.9. The monoisotopic (exact) mass is 317 g/mol. The van der Waals surface area contributed by atoms with Crippen LogP contribution in [0.4, 0.5) is 0 Å². The highest BCUT2D eigenvalue weighted by molar-refractivity contribution is 5.82. The van der Waals surface area contributed by atoms with Crippen molar-refractivity contribution in [2.45, 2.75) is 31.2 Å². The van der Waals surface area contributed by atoms with E-state index in [1.807, 2.05) is 0 Å². The molecular formula is C18H27N3O2. The number of aryl methyl sites for hydroxylation is 1. The lowest BCUT2D eigenvalue weighted by atomic mass is 9.74. The second-order valence-corrected chi connectivity index (χ2v) is 6.69. The quantitative estimate of drug-likeness (QED) is 0.766. The molecule has 1 unspecified atom stereocenters. The summed E-state index contributed by atoms with van der Waals surface area (Å²) in [6, 6.07) is 8.58. The first-order valence-corrected chi connectivity index (χ1v) is 8.56. The average Bonchev–Trinajstić information content (AvgIpc) is 2.62. The molecule has 0 radical (unpaired) electrons. The summed E-state index contributed by atoms with van der Waals surface area (Å²) in [5, 5.41) is 9.70. The maximum absolute atomic E-state index is 12.4. The number of piperazine rings is 1. The zero-order chi connectivity index (χ0) is 16.1. The number of amides is 1. The van der Waals surface area contributed by atoms with Crippen LogP contribution in [-0.4, -0.2) is 51.3 Å². The number of carbonyl (C=O) groups excluding carboxylic acids is 1. The van der Waals surface area contributed by atoms with Crippen molar-refractivity contribution in [2.24, 2.45) is 0 Å². The van der Waals surface area contributed by atoms with Crippen molar-refractivity contribution in [2.75, 3.05) is 39.4 Å². The van der Waals surface area contributed by atoms with Gasteiger partial charge >= 0.3 is 0 Å². The van der Waals surface area contributed by atoms with Crippen molar-refractivity contribution in [3.8, 4) is 0 Å². The molecule has 3 N–H and O–H groups in total. The van der Waals surface area contributed by atoms with Crippen molar-refractivity contribution in [3.63, 3.8) is 0 Å². The summed E-state index contributed by atoms with van der Waals surface area (Å²) in [6.07, 6.45) is 1.90. The Hall–Kier alpha value is -1.43. The van der Waals surface area contributed by atoms with E-state index in [2.05, 4.69) is 47.1 Å². The maximum atomic E-state index is 12.4. The van der Waals surface area contributed by atoms with E-state index in [0.29, 0.717) is 13.1 Å². The van der Waals surface area contributed by atoms with E-state index >= 15 is 0 Å². The van der Waals surface area contributed by atoms with Crippen LogP contribution in [0.5, 0.6) is 0 Å². The Bertz CT molecular complexity index is 518. The SMILES string of the molecule is Cc1ccc(C2(CNC(=O)C3CNCCN3)CCOCC2)cc1. The van der Waals surface area contributed by atoms with Gasteiger partial charge in [-0.3, -0.25) is 4.79 Å². The molecule has 2 fully saturated rings. The molecule has 23 heavy (non-hydrogen) atoms. The lowest BCUT2D eigenvalue weighted by Crippen LogP contribution is -2.57. The third-order valence-electron chi connectivity index (χ3n) is 5.07. The number of benzene rings is 1. The number of carbonyl (C=O) groups is 1. The van der Waals surface area contributed by atoms with E-state index in [1.54, 1.807) is 0 Å². The van der Waals surface area contributed by atoms with Crippen LogP contribution >= 0.6 is 0 Å². The second-order valence-electron chi connectivity index (χ2n) is 6.69. The summed E-state index contributed by atoms with van der Waals surface area (Å²) in [5.74, 6) is 0.0928. The van der Waals surface area contributed by atoms with Crippen molar-refractivity contribution in [1.82, 2.24) is 16.0 Å². The Labute approximate surface area is 138 Å². The van der Waals surface area contributed by atoms with Gasteiger partial charge in [-0.05, 0) is 25.3 Å². The Balaban J connectivity index is 1.69. The normalized spacial score (nSPS) is 24.1. The minimum absolute atomic E-state index is 0.0102. The van der Waals surface area contributed by atoms with Gasteiger partial charge in [-0.2, -0.15) is 0 Å². The zero-order valence-electron chi connectivity index (χ0n) is 13.9. The molecule has 1 atom stereocenters. The fourth-order valence-corrected chi connectivity index (χ4v) is 3.46. The molecule has 5 heteroatoms. The van der Waals surface area contributed by atoms with Gasteiger partial charge in [0.05, 0.1) is 6.04 Å². The molecule has 0 saturated carbocycles. The first kappa shape index (κ1) is 16.4. The number of rotatable bonds is 4. The molecule has 0 aliphatic carbocycles. The smallest absolute Gasteiger partial charge is 0.238 e.